The maximum Gasteiger partial charge on any atom is 0.225 e. The van der Waals surface area contributed by atoms with Gasteiger partial charge in [0.05, 0.1) is 18.2 Å². The van der Waals surface area contributed by atoms with Gasteiger partial charge in [-0.05, 0) is 18.4 Å². The first-order valence-electron chi connectivity index (χ1n) is 7.32. The molecule has 2 aliphatic rings. The minimum absolute atomic E-state index is 0.0133. The second kappa shape index (κ2) is 5.93. The molecule has 3 atom stereocenters. The quantitative estimate of drug-likeness (QED) is 0.814. The predicted octanol–water partition coefficient (Wildman–Crippen LogP) is 0.0183. The molecule has 0 aliphatic carbocycles. The van der Waals surface area contributed by atoms with E-state index in [1.807, 2.05) is 19.4 Å². The van der Waals surface area contributed by atoms with Gasteiger partial charge in [0.15, 0.2) is 0 Å². The van der Waals surface area contributed by atoms with Crippen molar-refractivity contribution >= 4 is 5.91 Å². The van der Waals surface area contributed by atoms with Crippen molar-refractivity contribution in [2.75, 3.05) is 26.2 Å². The fourth-order valence-electron chi connectivity index (χ4n) is 3.09. The Kier molecular flexibility index (Phi) is 4.03. The highest BCUT2D eigenvalue weighted by Crippen LogP contribution is 2.27. The largest absolute Gasteiger partial charge is 0.376 e. The average molecular weight is 278 g/mol. The highest BCUT2D eigenvalue weighted by atomic mass is 16.5. The number of rotatable bonds is 4. The molecule has 110 valence electrons. The van der Waals surface area contributed by atoms with E-state index < -0.39 is 0 Å². The van der Waals surface area contributed by atoms with Gasteiger partial charge < -0.3 is 15.4 Å². The van der Waals surface area contributed by atoms with Crippen LogP contribution in [0.25, 0.3) is 0 Å². The Morgan fingerprint density at radius 3 is 3.20 bits per heavy atom. The molecule has 2 N–H and O–H groups in total. The van der Waals surface area contributed by atoms with E-state index in [2.05, 4.69) is 15.7 Å². The number of carbonyl (C=O) groups excluding carboxylic acids is 1. The van der Waals surface area contributed by atoms with Crippen molar-refractivity contribution in [3.63, 3.8) is 0 Å². The van der Waals surface area contributed by atoms with Gasteiger partial charge in [0.25, 0.3) is 0 Å². The average Bonchev–Trinajstić information content (AvgIpc) is 3.16. The first-order chi connectivity index (χ1) is 9.74. The maximum atomic E-state index is 12.4. The Labute approximate surface area is 118 Å². The lowest BCUT2D eigenvalue weighted by Crippen LogP contribution is -2.38. The summed E-state index contributed by atoms with van der Waals surface area (Å²) in [6.07, 6.45) is 6.21. The molecular formula is C14H22N4O2. The molecule has 1 aromatic heterocycles. The number of nitrogens with one attached hydrogen (secondary N) is 2. The summed E-state index contributed by atoms with van der Waals surface area (Å²) in [4.78, 5) is 12.4. The van der Waals surface area contributed by atoms with E-state index in [1.165, 1.54) is 0 Å². The predicted molar refractivity (Wildman–Crippen MR) is 74.3 cm³/mol. The number of aryl methyl sites for hydroxylation is 1. The number of hydrogen-bond acceptors (Lipinski definition) is 4. The van der Waals surface area contributed by atoms with Crippen LogP contribution in [0.2, 0.25) is 0 Å². The van der Waals surface area contributed by atoms with Gasteiger partial charge in [0.1, 0.15) is 0 Å². The van der Waals surface area contributed by atoms with E-state index in [1.54, 1.807) is 4.68 Å². The summed E-state index contributed by atoms with van der Waals surface area (Å²) in [5, 5.41) is 10.6. The SMILES string of the molecule is Cn1cc([C@H]2CNC[C@@H]2C(=O)NCC2CCCO2)cn1. The molecule has 20 heavy (non-hydrogen) atoms. The van der Waals surface area contributed by atoms with Crippen LogP contribution in [0.5, 0.6) is 0 Å². The highest BCUT2D eigenvalue weighted by molar-refractivity contribution is 5.80. The summed E-state index contributed by atoms with van der Waals surface area (Å²) in [6.45, 7) is 3.03. The molecular weight excluding hydrogens is 256 g/mol. The van der Waals surface area contributed by atoms with Gasteiger partial charge in [-0.3, -0.25) is 9.48 Å². The highest BCUT2D eigenvalue weighted by Gasteiger charge is 2.34. The van der Waals surface area contributed by atoms with Crippen molar-refractivity contribution in [1.29, 1.82) is 0 Å². The third-order valence-electron chi connectivity index (χ3n) is 4.23. The molecule has 1 aromatic rings. The molecule has 0 bridgehead atoms. The molecule has 6 nitrogen and oxygen atoms in total. The maximum absolute atomic E-state index is 12.4. The van der Waals surface area contributed by atoms with Gasteiger partial charge >= 0.3 is 0 Å². The molecule has 1 amide bonds. The van der Waals surface area contributed by atoms with Crippen LogP contribution in [0.4, 0.5) is 0 Å². The zero-order valence-corrected chi connectivity index (χ0v) is 11.8. The molecule has 0 aromatic carbocycles. The Hall–Kier alpha value is -1.40. The summed E-state index contributed by atoms with van der Waals surface area (Å²) in [5.41, 5.74) is 1.13. The van der Waals surface area contributed by atoms with Crippen LogP contribution in [-0.2, 0) is 16.6 Å². The van der Waals surface area contributed by atoms with Crippen LogP contribution in [0.15, 0.2) is 12.4 Å². The van der Waals surface area contributed by atoms with E-state index in [9.17, 15) is 4.79 Å². The summed E-state index contributed by atoms with van der Waals surface area (Å²) in [5.74, 6) is 0.327. The Bertz CT molecular complexity index is 467. The topological polar surface area (TPSA) is 68.2 Å². The molecule has 3 heterocycles. The molecule has 3 rings (SSSR count). The minimum atomic E-state index is -0.0133. The van der Waals surface area contributed by atoms with E-state index in [0.29, 0.717) is 6.54 Å². The molecule has 0 spiro atoms. The van der Waals surface area contributed by atoms with Gasteiger partial charge in [-0.25, -0.2) is 0 Å². The van der Waals surface area contributed by atoms with E-state index in [-0.39, 0.29) is 23.8 Å². The van der Waals surface area contributed by atoms with Crippen molar-refractivity contribution in [2.24, 2.45) is 13.0 Å². The monoisotopic (exact) mass is 278 g/mol. The van der Waals surface area contributed by atoms with Crippen molar-refractivity contribution in [3.05, 3.63) is 18.0 Å². The molecule has 1 unspecified atom stereocenters. The second-order valence-corrected chi connectivity index (χ2v) is 5.70. The van der Waals surface area contributed by atoms with Gasteiger partial charge in [-0.2, -0.15) is 5.10 Å². The zero-order valence-electron chi connectivity index (χ0n) is 11.8. The number of hydrogen-bond donors (Lipinski definition) is 2. The number of amides is 1. The van der Waals surface area contributed by atoms with Gasteiger partial charge in [0.2, 0.25) is 5.91 Å². The van der Waals surface area contributed by atoms with E-state index in [4.69, 9.17) is 4.74 Å². The lowest BCUT2D eigenvalue weighted by Gasteiger charge is -2.18. The molecule has 0 saturated carbocycles. The first-order valence-corrected chi connectivity index (χ1v) is 7.32. The fraction of sp³-hybridized carbons (Fsp3) is 0.714. The van der Waals surface area contributed by atoms with Gasteiger partial charge in [0, 0.05) is 45.4 Å². The van der Waals surface area contributed by atoms with Crippen molar-refractivity contribution in [1.82, 2.24) is 20.4 Å². The van der Waals surface area contributed by atoms with Gasteiger partial charge in [-0.1, -0.05) is 0 Å². The summed E-state index contributed by atoms with van der Waals surface area (Å²) in [7, 11) is 1.90. The molecule has 0 radical (unpaired) electrons. The summed E-state index contributed by atoms with van der Waals surface area (Å²) >= 11 is 0. The fourth-order valence-corrected chi connectivity index (χ4v) is 3.09. The summed E-state index contributed by atoms with van der Waals surface area (Å²) < 4.78 is 7.32. The van der Waals surface area contributed by atoms with Gasteiger partial charge in [-0.15, -0.1) is 0 Å². The van der Waals surface area contributed by atoms with Crippen molar-refractivity contribution < 1.29 is 9.53 Å². The number of nitrogens with zero attached hydrogens (tertiary/aromatic N) is 2. The van der Waals surface area contributed by atoms with Crippen LogP contribution in [0, 0.1) is 5.92 Å². The van der Waals surface area contributed by atoms with Crippen LogP contribution < -0.4 is 10.6 Å². The lowest BCUT2D eigenvalue weighted by atomic mass is 9.90. The van der Waals surface area contributed by atoms with E-state index in [0.717, 1.165) is 38.1 Å². The lowest BCUT2D eigenvalue weighted by molar-refractivity contribution is -0.125. The Morgan fingerprint density at radius 1 is 1.60 bits per heavy atom. The first kappa shape index (κ1) is 13.6. The number of aromatic nitrogens is 2. The molecule has 2 saturated heterocycles. The number of ether oxygens (including phenoxy) is 1. The summed E-state index contributed by atoms with van der Waals surface area (Å²) in [6, 6.07) is 0. The molecule has 2 fully saturated rings. The van der Waals surface area contributed by atoms with Crippen molar-refractivity contribution in [2.45, 2.75) is 24.9 Å². The normalized spacial score (nSPS) is 29.8. The smallest absolute Gasteiger partial charge is 0.225 e. The van der Waals surface area contributed by atoms with Crippen LogP contribution in [-0.4, -0.2) is 48.0 Å². The van der Waals surface area contributed by atoms with Crippen LogP contribution in [0.1, 0.15) is 24.3 Å². The zero-order chi connectivity index (χ0) is 13.9. The molecule has 2 aliphatic heterocycles. The Balaban J connectivity index is 1.58. The third-order valence-corrected chi connectivity index (χ3v) is 4.23. The van der Waals surface area contributed by atoms with Crippen LogP contribution in [0.3, 0.4) is 0 Å². The standard InChI is InChI=1S/C14H22N4O2/c1-18-9-10(5-17-18)12-7-15-8-13(12)14(19)16-6-11-3-2-4-20-11/h5,9,11-13,15H,2-4,6-8H2,1H3,(H,16,19)/t11?,12-,13+/m1/s1. The number of carbonyl (C=O) groups is 1. The Morgan fingerprint density at radius 2 is 2.50 bits per heavy atom. The minimum Gasteiger partial charge on any atom is -0.376 e. The van der Waals surface area contributed by atoms with Crippen molar-refractivity contribution in [3.8, 4) is 0 Å². The third kappa shape index (κ3) is 2.86. The molecule has 6 heteroatoms. The second-order valence-electron chi connectivity index (χ2n) is 5.70. The van der Waals surface area contributed by atoms with Crippen LogP contribution >= 0.6 is 0 Å². The van der Waals surface area contributed by atoms with E-state index >= 15 is 0 Å².